The summed E-state index contributed by atoms with van der Waals surface area (Å²) in [6, 6.07) is -0.131. The predicted molar refractivity (Wildman–Crippen MR) is 52.0 cm³/mol. The van der Waals surface area contributed by atoms with Gasteiger partial charge in [-0.2, -0.15) is 0 Å². The summed E-state index contributed by atoms with van der Waals surface area (Å²) in [5.74, 6) is 3.08. The number of hydrogen-bond donors (Lipinski definition) is 2. The van der Waals surface area contributed by atoms with E-state index in [1.165, 1.54) is 0 Å². The molecule has 0 aliphatic carbocycles. The van der Waals surface area contributed by atoms with Gasteiger partial charge in [-0.05, 0) is 5.92 Å². The van der Waals surface area contributed by atoms with Crippen LogP contribution in [0.2, 0.25) is 0 Å². The van der Waals surface area contributed by atoms with Crippen LogP contribution in [0.15, 0.2) is 0 Å². The van der Waals surface area contributed by atoms with Gasteiger partial charge in [-0.15, -0.1) is 6.42 Å². The summed E-state index contributed by atoms with van der Waals surface area (Å²) in [6.45, 7) is 5.57. The van der Waals surface area contributed by atoms with E-state index in [0.717, 1.165) is 13.1 Å². The maximum absolute atomic E-state index is 11.5. The fourth-order valence-corrected chi connectivity index (χ4v) is 1.15. The van der Waals surface area contributed by atoms with Gasteiger partial charge in [-0.3, -0.25) is 4.79 Å². The highest BCUT2D eigenvalue weighted by Gasteiger charge is 2.26. The number of hydrogen-bond acceptors (Lipinski definition) is 2. The van der Waals surface area contributed by atoms with Crippen molar-refractivity contribution in [2.24, 2.45) is 11.8 Å². The van der Waals surface area contributed by atoms with E-state index in [4.69, 9.17) is 6.42 Å². The number of terminal acetylenes is 1. The molecule has 0 spiro atoms. The van der Waals surface area contributed by atoms with E-state index in [-0.39, 0.29) is 17.9 Å². The van der Waals surface area contributed by atoms with Crippen molar-refractivity contribution >= 4 is 5.91 Å². The Bertz CT molecular complexity index is 226. The number of nitrogens with one attached hydrogen (secondary N) is 2. The van der Waals surface area contributed by atoms with E-state index >= 15 is 0 Å². The van der Waals surface area contributed by atoms with Gasteiger partial charge in [0.1, 0.15) is 0 Å². The third-order valence-electron chi connectivity index (χ3n) is 2.30. The van der Waals surface area contributed by atoms with Crippen molar-refractivity contribution in [3.63, 3.8) is 0 Å². The molecule has 1 amide bonds. The molecular formula is C10H16N2O. The second-order valence-corrected chi connectivity index (χ2v) is 3.75. The van der Waals surface area contributed by atoms with Crippen LogP contribution in [-0.2, 0) is 4.79 Å². The number of rotatable bonds is 3. The van der Waals surface area contributed by atoms with Crippen LogP contribution in [0.1, 0.15) is 13.8 Å². The molecule has 0 aromatic heterocycles. The fraction of sp³-hybridized carbons (Fsp3) is 0.700. The lowest BCUT2D eigenvalue weighted by Crippen LogP contribution is -2.53. The van der Waals surface area contributed by atoms with E-state index in [1.807, 2.05) is 13.8 Å². The minimum Gasteiger partial charge on any atom is -0.342 e. The molecule has 0 aromatic rings. The Hall–Kier alpha value is -1.01. The minimum absolute atomic E-state index is 0.0791. The van der Waals surface area contributed by atoms with Crippen LogP contribution in [0, 0.1) is 24.2 Å². The van der Waals surface area contributed by atoms with Gasteiger partial charge < -0.3 is 10.6 Å². The molecule has 1 aliphatic rings. The summed E-state index contributed by atoms with van der Waals surface area (Å²) < 4.78 is 0. The number of carbonyl (C=O) groups excluding carboxylic acids is 1. The van der Waals surface area contributed by atoms with Gasteiger partial charge in [0.05, 0.1) is 12.0 Å². The minimum atomic E-state index is -0.131. The summed E-state index contributed by atoms with van der Waals surface area (Å²) in [7, 11) is 0. The molecule has 1 unspecified atom stereocenters. The van der Waals surface area contributed by atoms with E-state index in [1.54, 1.807) is 0 Å². The Balaban J connectivity index is 2.37. The summed E-state index contributed by atoms with van der Waals surface area (Å²) in [6.07, 6.45) is 5.30. The molecule has 0 saturated carbocycles. The Morgan fingerprint density at radius 3 is 2.54 bits per heavy atom. The third kappa shape index (κ3) is 2.46. The first-order valence-electron chi connectivity index (χ1n) is 4.62. The molecule has 72 valence electrons. The Morgan fingerprint density at radius 2 is 2.23 bits per heavy atom. The fourth-order valence-electron chi connectivity index (χ4n) is 1.15. The highest BCUT2D eigenvalue weighted by molar-refractivity contribution is 5.80. The van der Waals surface area contributed by atoms with Crippen LogP contribution in [0.3, 0.4) is 0 Å². The average molecular weight is 180 g/mol. The topological polar surface area (TPSA) is 41.1 Å². The quantitative estimate of drug-likeness (QED) is 0.599. The molecule has 0 bridgehead atoms. The first-order chi connectivity index (χ1) is 6.15. The molecule has 0 radical (unpaired) electrons. The van der Waals surface area contributed by atoms with Crippen molar-refractivity contribution < 1.29 is 4.79 Å². The molecule has 2 N–H and O–H groups in total. The molecule has 1 atom stereocenters. The zero-order chi connectivity index (χ0) is 9.84. The standard InChI is InChI=1S/C10H16N2O/c1-4-9(7(2)3)12-10(13)8-5-11-6-8/h1,7-9,11H,5-6H2,2-3H3,(H,12,13). The zero-order valence-electron chi connectivity index (χ0n) is 8.13. The smallest absolute Gasteiger partial charge is 0.226 e. The lowest BCUT2D eigenvalue weighted by Gasteiger charge is -2.28. The first kappa shape index (κ1) is 10.1. The monoisotopic (exact) mass is 180 g/mol. The maximum Gasteiger partial charge on any atom is 0.226 e. The van der Waals surface area contributed by atoms with Gasteiger partial charge in [0, 0.05) is 13.1 Å². The van der Waals surface area contributed by atoms with E-state index in [2.05, 4.69) is 16.6 Å². The maximum atomic E-state index is 11.5. The van der Waals surface area contributed by atoms with Crippen LogP contribution in [0.25, 0.3) is 0 Å². The van der Waals surface area contributed by atoms with Gasteiger partial charge in [0.25, 0.3) is 0 Å². The third-order valence-corrected chi connectivity index (χ3v) is 2.30. The zero-order valence-corrected chi connectivity index (χ0v) is 8.13. The molecule has 3 nitrogen and oxygen atoms in total. The first-order valence-corrected chi connectivity index (χ1v) is 4.62. The largest absolute Gasteiger partial charge is 0.342 e. The predicted octanol–water partition coefficient (Wildman–Crippen LogP) is -0.0202. The molecule has 1 rings (SSSR count). The van der Waals surface area contributed by atoms with Crippen molar-refractivity contribution in [1.82, 2.24) is 10.6 Å². The average Bonchev–Trinajstić information content (AvgIpc) is 1.96. The Morgan fingerprint density at radius 1 is 1.62 bits per heavy atom. The van der Waals surface area contributed by atoms with Crippen LogP contribution in [0.5, 0.6) is 0 Å². The van der Waals surface area contributed by atoms with E-state index in [0.29, 0.717) is 5.92 Å². The summed E-state index contributed by atoms with van der Waals surface area (Å²) in [5, 5.41) is 5.90. The number of amides is 1. The van der Waals surface area contributed by atoms with Crippen LogP contribution in [0.4, 0.5) is 0 Å². The molecule has 1 aliphatic heterocycles. The highest BCUT2D eigenvalue weighted by Crippen LogP contribution is 2.05. The molecule has 13 heavy (non-hydrogen) atoms. The van der Waals surface area contributed by atoms with Gasteiger partial charge >= 0.3 is 0 Å². The van der Waals surface area contributed by atoms with Crippen molar-refractivity contribution in [3.05, 3.63) is 0 Å². The Kier molecular flexibility index (Phi) is 3.32. The normalized spacial score (nSPS) is 18.9. The second-order valence-electron chi connectivity index (χ2n) is 3.75. The van der Waals surface area contributed by atoms with Gasteiger partial charge in [-0.25, -0.2) is 0 Å². The number of carbonyl (C=O) groups is 1. The van der Waals surface area contributed by atoms with Gasteiger partial charge in [0.2, 0.25) is 5.91 Å². The van der Waals surface area contributed by atoms with Gasteiger partial charge in [-0.1, -0.05) is 19.8 Å². The van der Waals surface area contributed by atoms with Crippen molar-refractivity contribution in [2.45, 2.75) is 19.9 Å². The van der Waals surface area contributed by atoms with E-state index in [9.17, 15) is 4.79 Å². The summed E-state index contributed by atoms with van der Waals surface area (Å²) >= 11 is 0. The molecule has 1 heterocycles. The van der Waals surface area contributed by atoms with Crippen molar-refractivity contribution in [1.29, 1.82) is 0 Å². The second kappa shape index (κ2) is 4.29. The van der Waals surface area contributed by atoms with Crippen molar-refractivity contribution in [2.75, 3.05) is 13.1 Å². The molecular weight excluding hydrogens is 164 g/mol. The van der Waals surface area contributed by atoms with Crippen LogP contribution >= 0.6 is 0 Å². The summed E-state index contributed by atoms with van der Waals surface area (Å²) in [4.78, 5) is 11.5. The van der Waals surface area contributed by atoms with Crippen molar-refractivity contribution in [3.8, 4) is 12.3 Å². The Labute approximate surface area is 79.3 Å². The van der Waals surface area contributed by atoms with E-state index < -0.39 is 0 Å². The SMILES string of the molecule is C#CC(NC(=O)C1CNC1)C(C)C. The molecule has 0 aromatic carbocycles. The van der Waals surface area contributed by atoms with Gasteiger partial charge in [0.15, 0.2) is 0 Å². The highest BCUT2D eigenvalue weighted by atomic mass is 16.2. The molecule has 1 saturated heterocycles. The lowest BCUT2D eigenvalue weighted by atomic mass is 10.00. The summed E-state index contributed by atoms with van der Waals surface area (Å²) in [5.41, 5.74) is 0. The lowest BCUT2D eigenvalue weighted by molar-refractivity contribution is -0.127. The van der Waals surface area contributed by atoms with Crippen LogP contribution in [-0.4, -0.2) is 25.0 Å². The van der Waals surface area contributed by atoms with Crippen LogP contribution < -0.4 is 10.6 Å². The molecule has 3 heteroatoms. The molecule has 1 fully saturated rings.